The molecule has 0 radical (unpaired) electrons. The summed E-state index contributed by atoms with van der Waals surface area (Å²) in [5.41, 5.74) is 3.59. The zero-order valence-corrected chi connectivity index (χ0v) is 20.3. The SMILES string of the molecule is CN(C)C1C(=O)C(C(N)=O)=C(O)C2(O)C(=O)C3=C(O)c4c(O)ccc(CN5CCCC5)c4CC3CC12. The number of hydrogen-bond acceptors (Lipinski definition) is 9. The number of nitrogens with zero attached hydrogens (tertiary/aromatic N) is 2. The minimum atomic E-state index is -2.62. The second kappa shape index (κ2) is 8.43. The first-order valence-corrected chi connectivity index (χ1v) is 12.2. The summed E-state index contributed by atoms with van der Waals surface area (Å²) in [7, 11) is 3.17. The van der Waals surface area contributed by atoms with Crippen LogP contribution >= 0.6 is 0 Å². The van der Waals surface area contributed by atoms with E-state index in [0.717, 1.165) is 37.1 Å². The number of ketones is 2. The van der Waals surface area contributed by atoms with Crippen LogP contribution in [0.15, 0.2) is 29.0 Å². The molecule has 3 aliphatic carbocycles. The van der Waals surface area contributed by atoms with Crippen molar-refractivity contribution in [2.45, 2.75) is 43.9 Å². The summed E-state index contributed by atoms with van der Waals surface area (Å²) >= 11 is 0. The van der Waals surface area contributed by atoms with Crippen LogP contribution in [0.2, 0.25) is 0 Å². The molecular weight excluding hydrogens is 466 g/mol. The summed E-state index contributed by atoms with van der Waals surface area (Å²) in [6, 6.07) is 2.22. The van der Waals surface area contributed by atoms with Crippen LogP contribution in [0, 0.1) is 11.8 Å². The van der Waals surface area contributed by atoms with Crippen molar-refractivity contribution >= 4 is 23.2 Å². The summed E-state index contributed by atoms with van der Waals surface area (Å²) in [5.74, 6) is -6.36. The highest BCUT2D eigenvalue weighted by Crippen LogP contribution is 2.53. The zero-order chi connectivity index (χ0) is 26.1. The Morgan fingerprint density at radius 1 is 1.17 bits per heavy atom. The van der Waals surface area contributed by atoms with E-state index >= 15 is 0 Å². The van der Waals surface area contributed by atoms with Gasteiger partial charge >= 0.3 is 0 Å². The van der Waals surface area contributed by atoms with Crippen LogP contribution in [0.25, 0.3) is 5.76 Å². The van der Waals surface area contributed by atoms with Gasteiger partial charge in [-0.15, -0.1) is 0 Å². The van der Waals surface area contributed by atoms with Crippen molar-refractivity contribution in [1.82, 2.24) is 9.80 Å². The van der Waals surface area contributed by atoms with Crippen LogP contribution in [-0.2, 0) is 27.3 Å². The largest absolute Gasteiger partial charge is 0.508 e. The Kier molecular flexibility index (Phi) is 5.73. The molecule has 1 amide bonds. The summed E-state index contributed by atoms with van der Waals surface area (Å²) < 4.78 is 0. The van der Waals surface area contributed by atoms with Gasteiger partial charge in [0.15, 0.2) is 11.4 Å². The Hall–Kier alpha value is -3.21. The highest BCUT2D eigenvalue weighted by Gasteiger charge is 2.64. The number of fused-ring (bicyclic) bond motifs is 3. The minimum Gasteiger partial charge on any atom is -0.508 e. The van der Waals surface area contributed by atoms with Gasteiger partial charge in [-0.2, -0.15) is 0 Å². The maximum Gasteiger partial charge on any atom is 0.255 e. The summed E-state index contributed by atoms with van der Waals surface area (Å²) in [6.07, 6.45) is 2.62. The number of rotatable bonds is 4. The number of likely N-dealkylation sites (tertiary alicyclic amines) is 1. The highest BCUT2D eigenvalue weighted by atomic mass is 16.3. The van der Waals surface area contributed by atoms with Gasteiger partial charge in [-0.05, 0) is 76.0 Å². The summed E-state index contributed by atoms with van der Waals surface area (Å²) in [6.45, 7) is 2.56. The molecule has 5 rings (SSSR count). The molecule has 0 aromatic heterocycles. The van der Waals surface area contributed by atoms with Gasteiger partial charge in [0.2, 0.25) is 5.78 Å². The van der Waals surface area contributed by atoms with E-state index in [1.165, 1.54) is 11.0 Å². The smallest absolute Gasteiger partial charge is 0.255 e. The number of likely N-dealkylation sites (N-methyl/N-ethyl adjacent to an activating group) is 1. The van der Waals surface area contributed by atoms with E-state index in [2.05, 4.69) is 4.90 Å². The zero-order valence-electron chi connectivity index (χ0n) is 20.3. The first kappa shape index (κ1) is 24.5. The Bertz CT molecular complexity index is 1240. The molecule has 1 aromatic carbocycles. The van der Waals surface area contributed by atoms with Gasteiger partial charge in [0.05, 0.1) is 11.6 Å². The molecule has 0 bridgehead atoms. The number of aromatic hydroxyl groups is 1. The van der Waals surface area contributed by atoms with Crippen LogP contribution in [0.5, 0.6) is 5.75 Å². The number of aliphatic hydroxyl groups excluding tert-OH is 2. The first-order chi connectivity index (χ1) is 17.0. The van der Waals surface area contributed by atoms with Crippen LogP contribution in [-0.4, -0.2) is 86.5 Å². The molecule has 4 aliphatic rings. The van der Waals surface area contributed by atoms with Crippen LogP contribution < -0.4 is 5.73 Å². The number of hydrogen-bond donors (Lipinski definition) is 5. The molecule has 10 heteroatoms. The van der Waals surface area contributed by atoms with Crippen LogP contribution in [0.1, 0.15) is 36.0 Å². The average molecular weight is 498 g/mol. The molecule has 10 nitrogen and oxygen atoms in total. The number of aliphatic hydroxyl groups is 3. The van der Waals surface area contributed by atoms with E-state index in [9.17, 15) is 34.8 Å². The quantitative estimate of drug-likeness (QED) is 0.374. The molecule has 1 aliphatic heterocycles. The molecule has 1 saturated heterocycles. The number of amides is 1. The van der Waals surface area contributed by atoms with Gasteiger partial charge in [-0.1, -0.05) is 6.07 Å². The number of primary amides is 1. The van der Waals surface area contributed by atoms with E-state index in [-0.39, 0.29) is 23.3 Å². The predicted molar refractivity (Wildman–Crippen MR) is 129 cm³/mol. The van der Waals surface area contributed by atoms with Crippen molar-refractivity contribution < 1.29 is 34.8 Å². The van der Waals surface area contributed by atoms with Crippen molar-refractivity contribution in [3.05, 3.63) is 45.7 Å². The lowest BCUT2D eigenvalue weighted by Gasteiger charge is -2.50. The third kappa shape index (κ3) is 3.31. The van der Waals surface area contributed by atoms with Gasteiger partial charge in [0.25, 0.3) is 5.91 Å². The maximum atomic E-state index is 13.8. The van der Waals surface area contributed by atoms with Crippen LogP contribution in [0.3, 0.4) is 0 Å². The number of carbonyl (C=O) groups excluding carboxylic acids is 3. The Balaban J connectivity index is 1.67. The number of Topliss-reactive ketones (excluding diaryl/α,β-unsaturated/α-hetero) is 2. The standard InChI is InChI=1S/C26H31N3O7/c1-28(2)20-15-10-13-9-14-12(11-29-7-3-4-8-29)5-6-16(30)18(14)21(31)17(13)23(33)26(15,36)24(34)19(22(20)32)25(27)35/h5-6,13,15,20,30-31,34,36H,3-4,7-11H2,1-2H3,(H2,27,35). The Morgan fingerprint density at radius 3 is 2.44 bits per heavy atom. The molecule has 4 unspecified atom stereocenters. The van der Waals surface area contributed by atoms with Crippen molar-refractivity contribution in [2.24, 2.45) is 17.6 Å². The molecule has 192 valence electrons. The normalized spacial score (nSPS) is 30.5. The fourth-order valence-electron chi connectivity index (χ4n) is 6.64. The third-order valence-electron chi connectivity index (χ3n) is 8.29. The monoisotopic (exact) mass is 497 g/mol. The highest BCUT2D eigenvalue weighted by molar-refractivity contribution is 6.24. The van der Waals surface area contributed by atoms with E-state index in [1.807, 2.05) is 6.07 Å². The second-order valence-corrected chi connectivity index (χ2v) is 10.5. The van der Waals surface area contributed by atoms with Gasteiger partial charge in [0.1, 0.15) is 22.8 Å². The number of phenols is 1. The Labute approximate surface area is 208 Å². The number of carbonyl (C=O) groups is 3. The van der Waals surface area contributed by atoms with Gasteiger partial charge < -0.3 is 26.2 Å². The average Bonchev–Trinajstić information content (AvgIpc) is 3.31. The summed E-state index contributed by atoms with van der Waals surface area (Å²) in [5, 5.41) is 44.5. The molecule has 0 spiro atoms. The molecule has 4 atom stereocenters. The third-order valence-corrected chi connectivity index (χ3v) is 8.29. The molecule has 36 heavy (non-hydrogen) atoms. The molecule has 6 N–H and O–H groups in total. The fraction of sp³-hybridized carbons (Fsp3) is 0.500. The van der Waals surface area contributed by atoms with Gasteiger partial charge in [-0.3, -0.25) is 24.2 Å². The molecule has 1 aromatic rings. The first-order valence-electron chi connectivity index (χ1n) is 12.2. The fourth-order valence-corrected chi connectivity index (χ4v) is 6.64. The molecular formula is C26H31N3O7. The lowest BCUT2D eigenvalue weighted by Crippen LogP contribution is -2.65. The number of nitrogens with two attached hydrogens (primary N) is 1. The van der Waals surface area contributed by atoms with Crippen LogP contribution in [0.4, 0.5) is 0 Å². The lowest BCUT2D eigenvalue weighted by atomic mass is 9.57. The predicted octanol–water partition coefficient (Wildman–Crippen LogP) is 0.560. The minimum absolute atomic E-state index is 0.0879. The van der Waals surface area contributed by atoms with E-state index in [1.54, 1.807) is 14.1 Å². The van der Waals surface area contributed by atoms with Crippen molar-refractivity contribution in [2.75, 3.05) is 27.2 Å². The number of benzene rings is 1. The maximum absolute atomic E-state index is 13.8. The topological polar surface area (TPSA) is 165 Å². The van der Waals surface area contributed by atoms with Gasteiger partial charge in [-0.25, -0.2) is 0 Å². The van der Waals surface area contributed by atoms with Gasteiger partial charge in [0, 0.05) is 18.0 Å². The van der Waals surface area contributed by atoms with Crippen molar-refractivity contribution in [3.63, 3.8) is 0 Å². The molecule has 2 fully saturated rings. The van der Waals surface area contributed by atoms with Crippen molar-refractivity contribution in [1.29, 1.82) is 0 Å². The van der Waals surface area contributed by atoms with Crippen molar-refractivity contribution in [3.8, 4) is 5.75 Å². The second-order valence-electron chi connectivity index (χ2n) is 10.5. The van der Waals surface area contributed by atoms with E-state index in [4.69, 9.17) is 5.73 Å². The lowest BCUT2D eigenvalue weighted by molar-refractivity contribution is -0.153. The van der Waals surface area contributed by atoms with E-state index < -0.39 is 58.0 Å². The Morgan fingerprint density at radius 2 is 1.83 bits per heavy atom. The number of phenolic OH excluding ortho intramolecular Hbond substituents is 1. The van der Waals surface area contributed by atoms with E-state index in [0.29, 0.717) is 13.0 Å². The summed E-state index contributed by atoms with van der Waals surface area (Å²) in [4.78, 5) is 42.8. The molecule has 1 heterocycles. The molecule has 1 saturated carbocycles.